The first-order chi connectivity index (χ1) is 17.5. The van der Waals surface area contributed by atoms with Crippen LogP contribution in [0.25, 0.3) is 5.76 Å². The largest absolute Gasteiger partial charge is 0.507 e. The average Bonchev–Trinajstić information content (AvgIpc) is 3.16. The van der Waals surface area contributed by atoms with Crippen molar-refractivity contribution >= 4 is 17.4 Å². The number of aliphatic hydroxyl groups is 1. The normalized spacial score (nSPS) is 16.9. The topological polar surface area (TPSA) is 66.8 Å². The molecule has 0 aliphatic carbocycles. The molecule has 3 aromatic rings. The predicted molar refractivity (Wildman–Crippen MR) is 142 cm³/mol. The average molecular weight is 484 g/mol. The van der Waals surface area contributed by atoms with Crippen LogP contribution in [0.15, 0.2) is 84.4 Å². The molecule has 0 aromatic heterocycles. The highest BCUT2D eigenvalue weighted by atomic mass is 16.5. The lowest BCUT2D eigenvalue weighted by molar-refractivity contribution is -0.139. The molecule has 36 heavy (non-hydrogen) atoms. The van der Waals surface area contributed by atoms with Gasteiger partial charge in [-0.05, 0) is 43.0 Å². The van der Waals surface area contributed by atoms with Crippen LogP contribution < -0.4 is 4.74 Å². The summed E-state index contributed by atoms with van der Waals surface area (Å²) in [5.41, 5.74) is 3.48. The number of ketones is 1. The van der Waals surface area contributed by atoms with Gasteiger partial charge in [-0.25, -0.2) is 0 Å². The van der Waals surface area contributed by atoms with E-state index in [0.29, 0.717) is 30.9 Å². The van der Waals surface area contributed by atoms with Crippen LogP contribution in [0.3, 0.4) is 0 Å². The van der Waals surface area contributed by atoms with E-state index in [1.54, 1.807) is 17.0 Å². The van der Waals surface area contributed by atoms with Gasteiger partial charge in [-0.15, -0.1) is 0 Å². The fraction of sp³-hybridized carbons (Fsp3) is 0.290. The molecule has 5 nitrogen and oxygen atoms in total. The van der Waals surface area contributed by atoms with Crippen LogP contribution >= 0.6 is 0 Å². The van der Waals surface area contributed by atoms with Gasteiger partial charge < -0.3 is 14.7 Å². The van der Waals surface area contributed by atoms with Gasteiger partial charge in [0.25, 0.3) is 11.7 Å². The molecule has 1 heterocycles. The van der Waals surface area contributed by atoms with Crippen LogP contribution in [-0.2, 0) is 16.0 Å². The molecular formula is C31H33NO4. The first kappa shape index (κ1) is 25.2. The fourth-order valence-corrected chi connectivity index (χ4v) is 4.53. The van der Waals surface area contributed by atoms with Crippen molar-refractivity contribution in [3.63, 3.8) is 0 Å². The summed E-state index contributed by atoms with van der Waals surface area (Å²) in [6.07, 6.45) is 3.76. The Bertz CT molecular complexity index is 1230. The van der Waals surface area contributed by atoms with Crippen LogP contribution in [0.2, 0.25) is 0 Å². The van der Waals surface area contributed by atoms with Crippen molar-refractivity contribution < 1.29 is 19.4 Å². The van der Waals surface area contributed by atoms with E-state index in [2.05, 4.69) is 6.92 Å². The third-order valence-corrected chi connectivity index (χ3v) is 6.54. The first-order valence-corrected chi connectivity index (χ1v) is 12.6. The number of aliphatic hydroxyl groups excluding tert-OH is 1. The summed E-state index contributed by atoms with van der Waals surface area (Å²) in [4.78, 5) is 28.1. The second-order valence-electron chi connectivity index (χ2n) is 9.22. The van der Waals surface area contributed by atoms with Crippen molar-refractivity contribution in [2.45, 2.75) is 45.6 Å². The summed E-state index contributed by atoms with van der Waals surface area (Å²) < 4.78 is 5.95. The Morgan fingerprint density at radius 3 is 2.42 bits per heavy atom. The van der Waals surface area contributed by atoms with Crippen molar-refractivity contribution in [1.82, 2.24) is 4.90 Å². The number of ether oxygens (including phenoxy) is 1. The fourth-order valence-electron chi connectivity index (χ4n) is 4.53. The van der Waals surface area contributed by atoms with Crippen molar-refractivity contribution in [3.8, 4) is 5.75 Å². The van der Waals surface area contributed by atoms with E-state index >= 15 is 0 Å². The Labute approximate surface area is 213 Å². The number of amides is 1. The summed E-state index contributed by atoms with van der Waals surface area (Å²) in [5, 5.41) is 11.3. The lowest BCUT2D eigenvalue weighted by Gasteiger charge is -2.26. The lowest BCUT2D eigenvalue weighted by atomic mass is 9.94. The standard InChI is InChI=1S/C31H33NO4/c1-3-4-8-20-36-26-13-9-12-25(21-26)28-27(29(33)24-16-14-22(2)15-17-24)30(34)31(35)32(28)19-18-23-10-6-5-7-11-23/h5-7,9-17,21,28,33H,3-4,8,18-20H2,1-2H3. The highest BCUT2D eigenvalue weighted by Gasteiger charge is 2.45. The predicted octanol–water partition coefficient (Wildman–Crippen LogP) is 6.23. The monoisotopic (exact) mass is 483 g/mol. The zero-order valence-electron chi connectivity index (χ0n) is 20.9. The Balaban J connectivity index is 1.72. The molecule has 0 saturated carbocycles. The van der Waals surface area contributed by atoms with Gasteiger partial charge in [0.1, 0.15) is 11.5 Å². The molecule has 5 heteroatoms. The highest BCUT2D eigenvalue weighted by molar-refractivity contribution is 6.46. The zero-order chi connectivity index (χ0) is 25.5. The van der Waals surface area contributed by atoms with E-state index in [1.807, 2.05) is 73.7 Å². The molecule has 0 bridgehead atoms. The van der Waals surface area contributed by atoms with E-state index in [4.69, 9.17) is 4.74 Å². The number of carbonyl (C=O) groups excluding carboxylic acids is 2. The van der Waals surface area contributed by atoms with Crippen molar-refractivity contribution in [3.05, 3.63) is 107 Å². The molecule has 1 aliphatic rings. The van der Waals surface area contributed by atoms with Crippen molar-refractivity contribution in [1.29, 1.82) is 0 Å². The summed E-state index contributed by atoms with van der Waals surface area (Å²) in [5.74, 6) is -0.735. The summed E-state index contributed by atoms with van der Waals surface area (Å²) in [7, 11) is 0. The molecule has 1 atom stereocenters. The number of benzene rings is 3. The SMILES string of the molecule is CCCCCOc1cccc(C2C(=C(O)c3ccc(C)cc3)C(=O)C(=O)N2CCc2ccccc2)c1. The van der Waals surface area contributed by atoms with Crippen LogP contribution in [0, 0.1) is 6.92 Å². The Morgan fingerprint density at radius 2 is 1.69 bits per heavy atom. The zero-order valence-corrected chi connectivity index (χ0v) is 20.9. The van der Waals surface area contributed by atoms with Gasteiger partial charge in [-0.2, -0.15) is 0 Å². The first-order valence-electron chi connectivity index (χ1n) is 12.6. The number of unbranched alkanes of at least 4 members (excludes halogenated alkanes) is 2. The second kappa shape index (κ2) is 11.7. The number of Topliss-reactive ketones (excluding diaryl/α,β-unsaturated/α-hetero) is 1. The van der Waals surface area contributed by atoms with Gasteiger partial charge in [0.2, 0.25) is 0 Å². The maximum atomic E-state index is 13.3. The molecule has 0 radical (unpaired) electrons. The second-order valence-corrected chi connectivity index (χ2v) is 9.22. The maximum Gasteiger partial charge on any atom is 0.295 e. The van der Waals surface area contributed by atoms with Crippen LogP contribution in [0.4, 0.5) is 0 Å². The van der Waals surface area contributed by atoms with E-state index in [1.165, 1.54) is 0 Å². The van der Waals surface area contributed by atoms with Crippen molar-refractivity contribution in [2.24, 2.45) is 0 Å². The number of hydrogen-bond acceptors (Lipinski definition) is 4. The number of nitrogens with zero attached hydrogens (tertiary/aromatic N) is 1. The van der Waals surface area contributed by atoms with E-state index in [9.17, 15) is 14.7 Å². The molecule has 1 N–H and O–H groups in total. The molecule has 0 spiro atoms. The molecule has 1 saturated heterocycles. The smallest absolute Gasteiger partial charge is 0.295 e. The number of carbonyl (C=O) groups is 2. The van der Waals surface area contributed by atoms with Gasteiger partial charge in [0, 0.05) is 12.1 Å². The minimum atomic E-state index is -0.700. The summed E-state index contributed by atoms with van der Waals surface area (Å²) in [6.45, 7) is 5.06. The third kappa shape index (κ3) is 5.68. The highest BCUT2D eigenvalue weighted by Crippen LogP contribution is 2.40. The number of aryl methyl sites for hydroxylation is 1. The third-order valence-electron chi connectivity index (χ3n) is 6.54. The molecule has 1 fully saturated rings. The number of likely N-dealkylation sites (tertiary alicyclic amines) is 1. The van der Waals surface area contributed by atoms with E-state index < -0.39 is 17.7 Å². The maximum absolute atomic E-state index is 13.3. The van der Waals surface area contributed by atoms with Crippen LogP contribution in [-0.4, -0.2) is 34.8 Å². The Kier molecular flexibility index (Phi) is 8.21. The Morgan fingerprint density at radius 1 is 0.944 bits per heavy atom. The molecule has 4 rings (SSSR count). The minimum Gasteiger partial charge on any atom is -0.507 e. The molecule has 1 unspecified atom stereocenters. The van der Waals surface area contributed by atoms with Gasteiger partial charge in [0.15, 0.2) is 0 Å². The minimum absolute atomic E-state index is 0.111. The van der Waals surface area contributed by atoms with Gasteiger partial charge in [-0.1, -0.05) is 92.1 Å². The molecule has 186 valence electrons. The summed E-state index contributed by atoms with van der Waals surface area (Å²) in [6, 6.07) is 24.0. The molecule has 1 amide bonds. The molecular weight excluding hydrogens is 450 g/mol. The summed E-state index contributed by atoms with van der Waals surface area (Å²) >= 11 is 0. The van der Waals surface area contributed by atoms with Crippen LogP contribution in [0.5, 0.6) is 5.75 Å². The number of hydrogen-bond donors (Lipinski definition) is 1. The molecule has 3 aromatic carbocycles. The van der Waals surface area contributed by atoms with Gasteiger partial charge in [-0.3, -0.25) is 9.59 Å². The Hall–Kier alpha value is -3.86. The van der Waals surface area contributed by atoms with Gasteiger partial charge in [0.05, 0.1) is 18.2 Å². The van der Waals surface area contributed by atoms with E-state index in [0.717, 1.165) is 36.0 Å². The van der Waals surface area contributed by atoms with Crippen LogP contribution in [0.1, 0.15) is 54.5 Å². The molecule has 1 aliphatic heterocycles. The van der Waals surface area contributed by atoms with Crippen molar-refractivity contribution in [2.75, 3.05) is 13.2 Å². The van der Waals surface area contributed by atoms with E-state index in [-0.39, 0.29) is 11.3 Å². The lowest BCUT2D eigenvalue weighted by Crippen LogP contribution is -2.31. The quantitative estimate of drug-likeness (QED) is 0.161. The van der Waals surface area contributed by atoms with Gasteiger partial charge >= 0.3 is 0 Å². The number of rotatable bonds is 10.